The number of aliphatic hydroxyl groups excluding tert-OH is 1. The number of rotatable bonds is 2. The Morgan fingerprint density at radius 2 is 1.95 bits per heavy atom. The van der Waals surface area contributed by atoms with Crippen molar-refractivity contribution < 1.29 is 27.9 Å². The van der Waals surface area contributed by atoms with E-state index < -0.39 is 23.4 Å². The van der Waals surface area contributed by atoms with Crippen LogP contribution in [-0.2, 0) is 11.0 Å². The van der Waals surface area contributed by atoms with Crippen LogP contribution < -0.4 is 0 Å². The molecule has 0 spiro atoms. The molecule has 1 aromatic rings. The second kappa shape index (κ2) is 5.31. The van der Waals surface area contributed by atoms with E-state index in [4.69, 9.17) is 0 Å². The number of Topliss-reactive ketones (excluding diaryl/α,β-unsaturated/α-hetero) is 2. The van der Waals surface area contributed by atoms with Gasteiger partial charge in [0.2, 0.25) is 5.78 Å². The molecule has 1 aliphatic rings. The lowest BCUT2D eigenvalue weighted by atomic mass is 9.90. The van der Waals surface area contributed by atoms with Crippen LogP contribution in [0.15, 0.2) is 23.5 Å². The lowest BCUT2D eigenvalue weighted by molar-refractivity contribution is -0.141. The summed E-state index contributed by atoms with van der Waals surface area (Å²) in [5.74, 6) is -1.59. The zero-order valence-electron chi connectivity index (χ0n) is 11.1. The standard InChI is InChI=1S/C14H12F3NO3/c1-7-8(5-6-11(18-7)14(15,16)17)13(21)12-9(19)3-2-4-10(12)20/h5-6,19H,2-4H2,1H3. The number of allylic oxidation sites excluding steroid dienone is 2. The van der Waals surface area contributed by atoms with E-state index in [1.807, 2.05) is 0 Å². The Bertz CT molecular complexity index is 647. The normalized spacial score (nSPS) is 16.3. The molecule has 1 heterocycles. The van der Waals surface area contributed by atoms with Gasteiger partial charge in [0.25, 0.3) is 0 Å². The maximum atomic E-state index is 12.5. The van der Waals surface area contributed by atoms with Gasteiger partial charge in [-0.05, 0) is 25.5 Å². The van der Waals surface area contributed by atoms with Crippen molar-refractivity contribution in [2.24, 2.45) is 0 Å². The molecule has 1 aliphatic carbocycles. The second-order valence-electron chi connectivity index (χ2n) is 4.75. The zero-order valence-corrected chi connectivity index (χ0v) is 11.1. The number of halogens is 3. The molecule has 21 heavy (non-hydrogen) atoms. The van der Waals surface area contributed by atoms with Crippen molar-refractivity contribution in [2.45, 2.75) is 32.4 Å². The fourth-order valence-corrected chi connectivity index (χ4v) is 2.18. The van der Waals surface area contributed by atoms with Crippen molar-refractivity contribution in [2.75, 3.05) is 0 Å². The molecule has 2 rings (SSSR count). The maximum absolute atomic E-state index is 12.5. The van der Waals surface area contributed by atoms with Crippen molar-refractivity contribution in [3.05, 3.63) is 40.4 Å². The van der Waals surface area contributed by atoms with Gasteiger partial charge in [0.1, 0.15) is 17.0 Å². The maximum Gasteiger partial charge on any atom is 0.433 e. The third kappa shape index (κ3) is 2.96. The van der Waals surface area contributed by atoms with Crippen LogP contribution in [0.25, 0.3) is 0 Å². The van der Waals surface area contributed by atoms with E-state index in [0.29, 0.717) is 12.5 Å². The number of ketones is 2. The number of nitrogens with zero attached hydrogens (tertiary/aromatic N) is 1. The molecule has 0 aromatic carbocycles. The first-order valence-electron chi connectivity index (χ1n) is 6.26. The third-order valence-electron chi connectivity index (χ3n) is 3.23. The first-order valence-corrected chi connectivity index (χ1v) is 6.26. The van der Waals surface area contributed by atoms with Crippen molar-refractivity contribution in [1.82, 2.24) is 4.98 Å². The predicted molar refractivity (Wildman–Crippen MR) is 66.8 cm³/mol. The highest BCUT2D eigenvalue weighted by molar-refractivity contribution is 6.27. The summed E-state index contributed by atoms with van der Waals surface area (Å²) in [4.78, 5) is 27.3. The van der Waals surface area contributed by atoms with Crippen molar-refractivity contribution in [3.8, 4) is 0 Å². The average molecular weight is 299 g/mol. The minimum atomic E-state index is -4.60. The zero-order chi connectivity index (χ0) is 15.8. The van der Waals surface area contributed by atoms with Crippen LogP contribution in [0, 0.1) is 6.92 Å². The first kappa shape index (κ1) is 15.2. The number of carbonyl (C=O) groups is 2. The molecule has 7 heteroatoms. The first-order chi connectivity index (χ1) is 9.71. The van der Waals surface area contributed by atoms with Gasteiger partial charge in [0, 0.05) is 24.1 Å². The molecular formula is C14H12F3NO3. The van der Waals surface area contributed by atoms with Crippen LogP contribution in [-0.4, -0.2) is 21.7 Å². The number of aryl methyl sites for hydroxylation is 1. The lowest BCUT2D eigenvalue weighted by Crippen LogP contribution is -2.21. The fraction of sp³-hybridized carbons (Fsp3) is 0.357. The molecule has 1 N–H and O–H groups in total. The number of hydrogen-bond donors (Lipinski definition) is 1. The van der Waals surface area contributed by atoms with Crippen LogP contribution in [0.3, 0.4) is 0 Å². The Hall–Kier alpha value is -2.18. The molecule has 112 valence electrons. The highest BCUT2D eigenvalue weighted by Crippen LogP contribution is 2.29. The molecule has 0 fully saturated rings. The summed E-state index contributed by atoms with van der Waals surface area (Å²) in [6.07, 6.45) is -3.81. The summed E-state index contributed by atoms with van der Waals surface area (Å²) < 4.78 is 37.6. The second-order valence-corrected chi connectivity index (χ2v) is 4.75. The van der Waals surface area contributed by atoms with Crippen LogP contribution in [0.1, 0.15) is 41.0 Å². The molecule has 0 saturated heterocycles. The summed E-state index contributed by atoms with van der Waals surface area (Å²) in [6, 6.07) is 1.67. The Balaban J connectivity index is 2.43. The van der Waals surface area contributed by atoms with E-state index in [2.05, 4.69) is 4.98 Å². The number of pyridine rings is 1. The van der Waals surface area contributed by atoms with Gasteiger partial charge >= 0.3 is 6.18 Å². The minimum absolute atomic E-state index is 0.111. The molecule has 0 saturated carbocycles. The Morgan fingerprint density at radius 3 is 2.48 bits per heavy atom. The smallest absolute Gasteiger partial charge is 0.433 e. The van der Waals surface area contributed by atoms with Crippen molar-refractivity contribution in [1.29, 1.82) is 0 Å². The molecule has 0 aliphatic heterocycles. The van der Waals surface area contributed by atoms with Crippen molar-refractivity contribution >= 4 is 11.6 Å². The molecule has 0 atom stereocenters. The quantitative estimate of drug-likeness (QED) is 0.673. The molecule has 0 unspecified atom stereocenters. The van der Waals surface area contributed by atoms with Gasteiger partial charge in [-0.25, -0.2) is 4.98 Å². The number of alkyl halides is 3. The third-order valence-corrected chi connectivity index (χ3v) is 3.23. The van der Waals surface area contributed by atoms with Crippen LogP contribution in [0.5, 0.6) is 0 Å². The topological polar surface area (TPSA) is 67.3 Å². The van der Waals surface area contributed by atoms with E-state index in [-0.39, 0.29) is 35.4 Å². The van der Waals surface area contributed by atoms with Gasteiger partial charge in [0.15, 0.2) is 5.78 Å². The molecule has 0 bridgehead atoms. The summed E-state index contributed by atoms with van der Waals surface area (Å²) in [7, 11) is 0. The highest BCUT2D eigenvalue weighted by atomic mass is 19.4. The predicted octanol–water partition coefficient (Wildman–Crippen LogP) is 3.16. The Morgan fingerprint density at radius 1 is 1.29 bits per heavy atom. The van der Waals surface area contributed by atoms with E-state index in [1.165, 1.54) is 6.92 Å². The lowest BCUT2D eigenvalue weighted by Gasteiger charge is -2.15. The average Bonchev–Trinajstić information content (AvgIpc) is 2.37. The van der Waals surface area contributed by atoms with Gasteiger partial charge in [-0.2, -0.15) is 13.2 Å². The number of aliphatic hydroxyl groups is 1. The van der Waals surface area contributed by atoms with Crippen LogP contribution in [0.4, 0.5) is 13.2 Å². The van der Waals surface area contributed by atoms with Gasteiger partial charge < -0.3 is 5.11 Å². The minimum Gasteiger partial charge on any atom is -0.511 e. The molecular weight excluding hydrogens is 287 g/mol. The summed E-state index contributed by atoms with van der Waals surface area (Å²) in [6.45, 7) is 1.26. The summed E-state index contributed by atoms with van der Waals surface area (Å²) >= 11 is 0. The molecule has 0 radical (unpaired) electrons. The Kier molecular flexibility index (Phi) is 3.85. The summed E-state index contributed by atoms with van der Waals surface area (Å²) in [5, 5.41) is 9.68. The van der Waals surface area contributed by atoms with Crippen LogP contribution >= 0.6 is 0 Å². The molecule has 0 amide bonds. The SMILES string of the molecule is Cc1nc(C(F)(F)F)ccc1C(=O)C1=C(O)CCCC1=O. The summed E-state index contributed by atoms with van der Waals surface area (Å²) in [5.41, 5.74) is -1.69. The number of carbonyl (C=O) groups excluding carboxylic acids is 2. The van der Waals surface area contributed by atoms with Gasteiger partial charge in [-0.1, -0.05) is 0 Å². The highest BCUT2D eigenvalue weighted by Gasteiger charge is 2.34. The van der Waals surface area contributed by atoms with Gasteiger partial charge in [-0.3, -0.25) is 9.59 Å². The van der Waals surface area contributed by atoms with Gasteiger partial charge in [-0.15, -0.1) is 0 Å². The number of aromatic nitrogens is 1. The largest absolute Gasteiger partial charge is 0.511 e. The monoisotopic (exact) mass is 299 g/mol. The van der Waals surface area contributed by atoms with Crippen molar-refractivity contribution in [3.63, 3.8) is 0 Å². The Labute approximate surface area is 118 Å². The molecule has 1 aromatic heterocycles. The van der Waals surface area contributed by atoms with E-state index in [1.54, 1.807) is 0 Å². The molecule has 4 nitrogen and oxygen atoms in total. The van der Waals surface area contributed by atoms with E-state index in [9.17, 15) is 27.9 Å². The number of hydrogen-bond acceptors (Lipinski definition) is 4. The van der Waals surface area contributed by atoms with Crippen LogP contribution in [0.2, 0.25) is 0 Å². The van der Waals surface area contributed by atoms with Gasteiger partial charge in [0.05, 0.1) is 0 Å². The van der Waals surface area contributed by atoms with E-state index >= 15 is 0 Å². The van der Waals surface area contributed by atoms with E-state index in [0.717, 1.165) is 6.07 Å². The fourth-order valence-electron chi connectivity index (χ4n) is 2.18.